The van der Waals surface area contributed by atoms with Crippen LogP contribution in [0.25, 0.3) is 0 Å². The van der Waals surface area contributed by atoms with Crippen LogP contribution >= 0.6 is 0 Å². The highest BCUT2D eigenvalue weighted by Crippen LogP contribution is 2.04. The molecule has 0 amide bonds. The number of aromatic nitrogens is 2. The number of nitrogens with one attached hydrogen (secondary N) is 1. The number of nitrogens with zero attached hydrogens (tertiary/aromatic N) is 2. The Hall–Kier alpha value is -0.830. The summed E-state index contributed by atoms with van der Waals surface area (Å²) >= 11 is 0. The Morgan fingerprint density at radius 1 is 1.43 bits per heavy atom. The number of hydrogen-bond acceptors (Lipinski definition) is 2. The summed E-state index contributed by atoms with van der Waals surface area (Å²) < 4.78 is 1.99. The van der Waals surface area contributed by atoms with Gasteiger partial charge in [-0.2, -0.15) is 5.10 Å². The van der Waals surface area contributed by atoms with Gasteiger partial charge in [-0.25, -0.2) is 0 Å². The molecule has 0 spiro atoms. The predicted molar refractivity (Wildman–Crippen MR) is 59.2 cm³/mol. The van der Waals surface area contributed by atoms with E-state index in [0.29, 0.717) is 12.1 Å². The summed E-state index contributed by atoms with van der Waals surface area (Å²) in [6, 6.07) is 3.10. The summed E-state index contributed by atoms with van der Waals surface area (Å²) in [5.74, 6) is 0. The fourth-order valence-corrected chi connectivity index (χ4v) is 1.18. The highest BCUT2D eigenvalue weighted by atomic mass is 15.3. The van der Waals surface area contributed by atoms with Crippen molar-refractivity contribution in [2.75, 3.05) is 0 Å². The third-order valence-electron chi connectivity index (χ3n) is 2.44. The van der Waals surface area contributed by atoms with E-state index in [1.54, 1.807) is 0 Å². The Balaban J connectivity index is 2.44. The van der Waals surface area contributed by atoms with Crippen molar-refractivity contribution in [2.24, 2.45) is 0 Å². The van der Waals surface area contributed by atoms with Crippen LogP contribution in [0.15, 0.2) is 12.3 Å². The van der Waals surface area contributed by atoms with Crippen LogP contribution in [-0.4, -0.2) is 15.8 Å². The Labute approximate surface area is 86.5 Å². The largest absolute Gasteiger partial charge is 0.309 e. The van der Waals surface area contributed by atoms with Crippen molar-refractivity contribution >= 4 is 0 Å². The third-order valence-corrected chi connectivity index (χ3v) is 2.44. The summed E-state index contributed by atoms with van der Waals surface area (Å²) in [7, 11) is 0. The van der Waals surface area contributed by atoms with E-state index in [-0.39, 0.29) is 0 Å². The topological polar surface area (TPSA) is 29.9 Å². The van der Waals surface area contributed by atoms with Gasteiger partial charge >= 0.3 is 0 Å². The molecular formula is C11H21N3. The first-order chi connectivity index (χ1) is 6.63. The van der Waals surface area contributed by atoms with E-state index in [0.717, 1.165) is 18.7 Å². The maximum Gasteiger partial charge on any atom is 0.0762 e. The molecule has 1 rings (SSSR count). The lowest BCUT2D eigenvalue weighted by molar-refractivity contribution is 0.501. The van der Waals surface area contributed by atoms with Crippen LogP contribution in [0.4, 0.5) is 0 Å². The van der Waals surface area contributed by atoms with Gasteiger partial charge in [0.05, 0.1) is 5.69 Å². The van der Waals surface area contributed by atoms with E-state index in [1.165, 1.54) is 0 Å². The van der Waals surface area contributed by atoms with Crippen molar-refractivity contribution in [2.45, 2.75) is 52.7 Å². The van der Waals surface area contributed by atoms with Crippen LogP contribution in [0.3, 0.4) is 0 Å². The van der Waals surface area contributed by atoms with E-state index in [9.17, 15) is 0 Å². The van der Waals surface area contributed by atoms with E-state index in [2.05, 4.69) is 44.2 Å². The van der Waals surface area contributed by atoms with Gasteiger partial charge in [-0.05, 0) is 33.3 Å². The molecule has 3 heteroatoms. The third kappa shape index (κ3) is 3.14. The highest BCUT2D eigenvalue weighted by molar-refractivity contribution is 4.99. The summed E-state index contributed by atoms with van der Waals surface area (Å²) in [5, 5.41) is 7.90. The molecule has 0 saturated carbocycles. The maximum absolute atomic E-state index is 4.47. The van der Waals surface area contributed by atoms with E-state index in [4.69, 9.17) is 0 Å². The smallest absolute Gasteiger partial charge is 0.0762 e. The van der Waals surface area contributed by atoms with Gasteiger partial charge in [0, 0.05) is 24.8 Å². The molecule has 1 atom stereocenters. The van der Waals surface area contributed by atoms with Gasteiger partial charge in [0.25, 0.3) is 0 Å². The fourth-order valence-electron chi connectivity index (χ4n) is 1.18. The molecule has 3 nitrogen and oxygen atoms in total. The molecule has 1 aromatic rings. The average Bonchev–Trinajstić information content (AvgIpc) is 2.62. The van der Waals surface area contributed by atoms with Gasteiger partial charge < -0.3 is 5.32 Å². The van der Waals surface area contributed by atoms with Crippen LogP contribution in [0, 0.1) is 0 Å². The summed E-state index contributed by atoms with van der Waals surface area (Å²) in [6.07, 6.45) is 3.20. The van der Waals surface area contributed by atoms with Crippen molar-refractivity contribution in [3.8, 4) is 0 Å². The van der Waals surface area contributed by atoms with Gasteiger partial charge in [-0.15, -0.1) is 0 Å². The molecule has 1 aromatic heterocycles. The molecule has 0 fully saturated rings. The molecule has 0 bridgehead atoms. The molecule has 1 N–H and O–H groups in total. The lowest BCUT2D eigenvalue weighted by Crippen LogP contribution is -2.24. The lowest BCUT2D eigenvalue weighted by Gasteiger charge is -2.09. The van der Waals surface area contributed by atoms with Gasteiger partial charge in [0.1, 0.15) is 0 Å². The SMILES string of the molecule is CCC(C)NCc1ccn(C(C)C)n1. The van der Waals surface area contributed by atoms with Gasteiger partial charge in [-0.3, -0.25) is 4.68 Å². The minimum atomic E-state index is 0.451. The van der Waals surface area contributed by atoms with Crippen LogP contribution in [0.2, 0.25) is 0 Å². The standard InChI is InChI=1S/C11H21N3/c1-5-10(4)12-8-11-6-7-14(13-11)9(2)3/h6-7,9-10,12H,5,8H2,1-4H3. The monoisotopic (exact) mass is 195 g/mol. The van der Waals surface area contributed by atoms with Gasteiger partial charge in [-0.1, -0.05) is 6.92 Å². The molecule has 1 unspecified atom stereocenters. The van der Waals surface area contributed by atoms with Gasteiger partial charge in [0.2, 0.25) is 0 Å². The second-order valence-corrected chi connectivity index (χ2v) is 4.07. The molecule has 0 saturated heterocycles. The molecular weight excluding hydrogens is 174 g/mol. The minimum Gasteiger partial charge on any atom is -0.309 e. The first-order valence-electron chi connectivity index (χ1n) is 5.41. The summed E-state index contributed by atoms with van der Waals surface area (Å²) in [6.45, 7) is 9.52. The summed E-state index contributed by atoms with van der Waals surface area (Å²) in [5.41, 5.74) is 1.12. The zero-order chi connectivity index (χ0) is 10.6. The van der Waals surface area contributed by atoms with Crippen LogP contribution in [0.5, 0.6) is 0 Å². The Bertz CT molecular complexity index is 265. The minimum absolute atomic E-state index is 0.451. The molecule has 0 aliphatic rings. The molecule has 0 radical (unpaired) electrons. The second-order valence-electron chi connectivity index (χ2n) is 4.07. The van der Waals surface area contributed by atoms with E-state index < -0.39 is 0 Å². The normalized spacial score (nSPS) is 13.5. The van der Waals surface area contributed by atoms with Crippen LogP contribution < -0.4 is 5.32 Å². The molecule has 14 heavy (non-hydrogen) atoms. The Morgan fingerprint density at radius 3 is 2.64 bits per heavy atom. The van der Waals surface area contributed by atoms with Crippen LogP contribution in [-0.2, 0) is 6.54 Å². The Kier molecular flexibility index (Phi) is 4.14. The zero-order valence-electron chi connectivity index (χ0n) is 9.62. The number of rotatable bonds is 5. The van der Waals surface area contributed by atoms with Crippen molar-refractivity contribution < 1.29 is 0 Å². The first-order valence-corrected chi connectivity index (χ1v) is 5.41. The van der Waals surface area contributed by atoms with Crippen molar-refractivity contribution in [3.63, 3.8) is 0 Å². The quantitative estimate of drug-likeness (QED) is 0.781. The van der Waals surface area contributed by atoms with Crippen molar-refractivity contribution in [1.29, 1.82) is 0 Å². The molecule has 1 heterocycles. The van der Waals surface area contributed by atoms with E-state index in [1.807, 2.05) is 10.9 Å². The lowest BCUT2D eigenvalue weighted by atomic mass is 10.2. The number of hydrogen-bond donors (Lipinski definition) is 1. The van der Waals surface area contributed by atoms with Crippen molar-refractivity contribution in [1.82, 2.24) is 15.1 Å². The second kappa shape index (κ2) is 5.15. The zero-order valence-corrected chi connectivity index (χ0v) is 9.62. The average molecular weight is 195 g/mol. The molecule has 0 aromatic carbocycles. The molecule has 80 valence electrons. The molecule has 0 aliphatic heterocycles. The van der Waals surface area contributed by atoms with Crippen LogP contribution in [0.1, 0.15) is 45.9 Å². The summed E-state index contributed by atoms with van der Waals surface area (Å²) in [4.78, 5) is 0. The van der Waals surface area contributed by atoms with E-state index >= 15 is 0 Å². The predicted octanol–water partition coefficient (Wildman–Crippen LogP) is 2.35. The highest BCUT2D eigenvalue weighted by Gasteiger charge is 2.03. The van der Waals surface area contributed by atoms with Crippen molar-refractivity contribution in [3.05, 3.63) is 18.0 Å². The van der Waals surface area contributed by atoms with Gasteiger partial charge in [0.15, 0.2) is 0 Å². The molecule has 0 aliphatic carbocycles. The first kappa shape index (κ1) is 11.2. The Morgan fingerprint density at radius 2 is 2.14 bits per heavy atom. The fraction of sp³-hybridized carbons (Fsp3) is 0.727. The maximum atomic E-state index is 4.47.